The Balaban J connectivity index is 2.31. The molecule has 110 valence electrons. The summed E-state index contributed by atoms with van der Waals surface area (Å²) in [6.07, 6.45) is 1.15. The molecule has 0 unspecified atom stereocenters. The van der Waals surface area contributed by atoms with Gasteiger partial charge in [0.15, 0.2) is 5.78 Å². The van der Waals surface area contributed by atoms with E-state index < -0.39 is 5.60 Å². The second kappa shape index (κ2) is 6.57. The van der Waals surface area contributed by atoms with Crippen LogP contribution in [0.3, 0.4) is 0 Å². The lowest BCUT2D eigenvalue weighted by Gasteiger charge is -2.35. The van der Waals surface area contributed by atoms with E-state index in [4.69, 9.17) is 25.8 Å². The molecule has 1 aromatic carbocycles. The van der Waals surface area contributed by atoms with Gasteiger partial charge < -0.3 is 14.2 Å². The van der Waals surface area contributed by atoms with Gasteiger partial charge in [-0.3, -0.25) is 4.79 Å². The fourth-order valence-corrected chi connectivity index (χ4v) is 2.67. The third-order valence-electron chi connectivity index (χ3n) is 3.55. The van der Waals surface area contributed by atoms with Crippen LogP contribution in [0.4, 0.5) is 0 Å². The number of rotatable bonds is 5. The van der Waals surface area contributed by atoms with Crippen molar-refractivity contribution < 1.29 is 19.0 Å². The first-order valence-electron chi connectivity index (χ1n) is 6.73. The molecule has 0 aliphatic carbocycles. The van der Waals surface area contributed by atoms with Gasteiger partial charge in [0, 0.05) is 38.2 Å². The minimum atomic E-state index is -0.786. The Bertz CT molecular complexity index is 475. The summed E-state index contributed by atoms with van der Waals surface area (Å²) in [5.41, 5.74) is -0.229. The molecule has 0 spiro atoms. The molecule has 1 aliphatic rings. The fourth-order valence-electron chi connectivity index (χ4n) is 2.48. The molecule has 1 saturated heterocycles. The van der Waals surface area contributed by atoms with Crippen molar-refractivity contribution in [1.29, 1.82) is 0 Å². The summed E-state index contributed by atoms with van der Waals surface area (Å²) in [7, 11) is 1.53. The van der Waals surface area contributed by atoms with Crippen LogP contribution >= 0.6 is 11.6 Å². The summed E-state index contributed by atoms with van der Waals surface area (Å²) in [5, 5.41) is 0.487. The Kier molecular flexibility index (Phi) is 5.02. The van der Waals surface area contributed by atoms with E-state index in [1.165, 1.54) is 7.11 Å². The van der Waals surface area contributed by atoms with Crippen LogP contribution < -0.4 is 4.74 Å². The minimum absolute atomic E-state index is 0.0300. The molecule has 2 rings (SSSR count). The average molecular weight is 299 g/mol. The van der Waals surface area contributed by atoms with Gasteiger partial charge in [-0.05, 0) is 25.1 Å². The summed E-state index contributed by atoms with van der Waals surface area (Å²) in [5.74, 6) is 0.467. The maximum Gasteiger partial charge on any atom is 0.194 e. The summed E-state index contributed by atoms with van der Waals surface area (Å²) < 4.78 is 16.3. The lowest BCUT2D eigenvalue weighted by atomic mass is 9.85. The van der Waals surface area contributed by atoms with Crippen LogP contribution in [0.1, 0.15) is 30.1 Å². The quantitative estimate of drug-likeness (QED) is 0.784. The Morgan fingerprint density at radius 1 is 1.40 bits per heavy atom. The zero-order valence-electron chi connectivity index (χ0n) is 11.8. The molecule has 0 N–H and O–H groups in total. The molecule has 1 aromatic rings. The Morgan fingerprint density at radius 3 is 2.70 bits per heavy atom. The average Bonchev–Trinajstić information content (AvgIpc) is 2.48. The number of methoxy groups -OCH3 is 1. The molecule has 0 bridgehead atoms. The number of Topliss-reactive ketones (excluding diaryl/α,β-unsaturated/α-hetero) is 1. The molecule has 0 atom stereocenters. The first-order valence-corrected chi connectivity index (χ1v) is 7.11. The molecular formula is C15H19ClO4. The molecule has 0 aromatic heterocycles. The van der Waals surface area contributed by atoms with Crippen molar-refractivity contribution in [1.82, 2.24) is 0 Å². The highest BCUT2D eigenvalue weighted by Gasteiger charge is 2.41. The predicted octanol–water partition coefficient (Wildman–Crippen LogP) is 3.12. The zero-order chi connectivity index (χ0) is 14.6. The number of hydrogen-bond donors (Lipinski definition) is 0. The van der Waals surface area contributed by atoms with Crippen molar-refractivity contribution in [2.75, 3.05) is 26.9 Å². The molecule has 0 amide bonds. The number of benzene rings is 1. The maximum atomic E-state index is 12.8. The van der Waals surface area contributed by atoms with E-state index in [1.807, 2.05) is 6.92 Å². The van der Waals surface area contributed by atoms with Crippen LogP contribution in [-0.2, 0) is 9.47 Å². The Labute approximate surface area is 124 Å². The normalized spacial score (nSPS) is 17.8. The molecule has 4 nitrogen and oxygen atoms in total. The van der Waals surface area contributed by atoms with Crippen LogP contribution in [0.25, 0.3) is 0 Å². The van der Waals surface area contributed by atoms with Gasteiger partial charge in [0.1, 0.15) is 11.4 Å². The van der Waals surface area contributed by atoms with Gasteiger partial charge in [-0.1, -0.05) is 11.6 Å². The molecule has 1 fully saturated rings. The van der Waals surface area contributed by atoms with E-state index in [0.29, 0.717) is 49.0 Å². The molecule has 1 heterocycles. The number of carbonyl (C=O) groups excluding carboxylic acids is 1. The standard InChI is InChI=1S/C15H19ClO4/c1-3-20-15(6-8-19-9-7-15)14(17)11-4-5-12(16)13(10-11)18-2/h4-5,10H,3,6-9H2,1-2H3. The topological polar surface area (TPSA) is 44.8 Å². The Hall–Kier alpha value is -1.10. The van der Waals surface area contributed by atoms with Crippen molar-refractivity contribution in [3.63, 3.8) is 0 Å². The van der Waals surface area contributed by atoms with Crippen LogP contribution in [0.2, 0.25) is 5.02 Å². The van der Waals surface area contributed by atoms with Gasteiger partial charge in [0.25, 0.3) is 0 Å². The summed E-state index contributed by atoms with van der Waals surface area (Å²) in [6, 6.07) is 5.05. The smallest absolute Gasteiger partial charge is 0.194 e. The van der Waals surface area contributed by atoms with E-state index in [-0.39, 0.29) is 5.78 Å². The van der Waals surface area contributed by atoms with Crippen LogP contribution in [0, 0.1) is 0 Å². The number of ether oxygens (including phenoxy) is 3. The number of hydrogen-bond acceptors (Lipinski definition) is 4. The largest absolute Gasteiger partial charge is 0.495 e. The number of halogens is 1. The third-order valence-corrected chi connectivity index (χ3v) is 3.86. The van der Waals surface area contributed by atoms with E-state index >= 15 is 0 Å². The summed E-state index contributed by atoms with van der Waals surface area (Å²) in [4.78, 5) is 12.8. The highest BCUT2D eigenvalue weighted by molar-refractivity contribution is 6.32. The summed E-state index contributed by atoms with van der Waals surface area (Å²) in [6.45, 7) is 3.47. The number of ketones is 1. The van der Waals surface area contributed by atoms with Crippen molar-refractivity contribution in [3.8, 4) is 5.75 Å². The van der Waals surface area contributed by atoms with Gasteiger partial charge in [-0.15, -0.1) is 0 Å². The number of carbonyl (C=O) groups is 1. The molecule has 5 heteroatoms. The fraction of sp³-hybridized carbons (Fsp3) is 0.533. The first-order chi connectivity index (χ1) is 9.63. The van der Waals surface area contributed by atoms with Gasteiger partial charge >= 0.3 is 0 Å². The van der Waals surface area contributed by atoms with E-state index in [0.717, 1.165) is 0 Å². The highest BCUT2D eigenvalue weighted by atomic mass is 35.5. The second-order valence-corrected chi connectivity index (χ2v) is 5.13. The Morgan fingerprint density at radius 2 is 2.10 bits per heavy atom. The first kappa shape index (κ1) is 15.3. The molecular weight excluding hydrogens is 280 g/mol. The van der Waals surface area contributed by atoms with Gasteiger partial charge in [-0.2, -0.15) is 0 Å². The minimum Gasteiger partial charge on any atom is -0.495 e. The molecule has 0 saturated carbocycles. The van der Waals surface area contributed by atoms with Crippen LogP contribution in [0.5, 0.6) is 5.75 Å². The van der Waals surface area contributed by atoms with E-state index in [1.54, 1.807) is 18.2 Å². The summed E-state index contributed by atoms with van der Waals surface area (Å²) >= 11 is 6.00. The van der Waals surface area contributed by atoms with Crippen molar-refractivity contribution in [2.45, 2.75) is 25.4 Å². The van der Waals surface area contributed by atoms with Crippen molar-refractivity contribution >= 4 is 17.4 Å². The SMILES string of the molecule is CCOC1(C(=O)c2ccc(Cl)c(OC)c2)CCOCC1. The molecule has 1 aliphatic heterocycles. The van der Waals surface area contributed by atoms with Gasteiger partial charge in [0.05, 0.1) is 12.1 Å². The van der Waals surface area contributed by atoms with E-state index in [2.05, 4.69) is 0 Å². The zero-order valence-corrected chi connectivity index (χ0v) is 12.5. The van der Waals surface area contributed by atoms with Gasteiger partial charge in [0.2, 0.25) is 0 Å². The van der Waals surface area contributed by atoms with E-state index in [9.17, 15) is 4.79 Å². The predicted molar refractivity (Wildman–Crippen MR) is 76.7 cm³/mol. The van der Waals surface area contributed by atoms with Crippen LogP contribution in [0.15, 0.2) is 18.2 Å². The van der Waals surface area contributed by atoms with Gasteiger partial charge in [-0.25, -0.2) is 0 Å². The second-order valence-electron chi connectivity index (χ2n) is 4.72. The van der Waals surface area contributed by atoms with Crippen molar-refractivity contribution in [3.05, 3.63) is 28.8 Å². The monoisotopic (exact) mass is 298 g/mol. The highest BCUT2D eigenvalue weighted by Crippen LogP contribution is 2.32. The van der Waals surface area contributed by atoms with Crippen molar-refractivity contribution in [2.24, 2.45) is 0 Å². The molecule has 20 heavy (non-hydrogen) atoms. The van der Waals surface area contributed by atoms with Crippen LogP contribution in [-0.4, -0.2) is 38.3 Å². The molecule has 0 radical (unpaired) electrons. The lowest BCUT2D eigenvalue weighted by molar-refractivity contribution is -0.0822. The lowest BCUT2D eigenvalue weighted by Crippen LogP contribution is -2.46. The maximum absolute atomic E-state index is 12.8. The third kappa shape index (κ3) is 2.97.